The number of carbonyl (C=O) groups excluding carboxylic acids is 2. The van der Waals surface area contributed by atoms with E-state index in [-0.39, 0.29) is 29.9 Å². The second kappa shape index (κ2) is 9.88. The topological polar surface area (TPSA) is 59.1 Å². The van der Waals surface area contributed by atoms with Gasteiger partial charge in [-0.25, -0.2) is 0 Å². The molecule has 3 aliphatic rings. The van der Waals surface area contributed by atoms with Crippen LogP contribution in [0.2, 0.25) is 10.0 Å². The van der Waals surface area contributed by atoms with Crippen molar-refractivity contribution in [3.8, 4) is 0 Å². The van der Waals surface area contributed by atoms with Gasteiger partial charge >= 0.3 is 0 Å². The molecule has 0 aliphatic carbocycles. The van der Waals surface area contributed by atoms with Crippen LogP contribution >= 0.6 is 23.2 Å². The van der Waals surface area contributed by atoms with Crippen molar-refractivity contribution in [2.45, 2.75) is 57.2 Å². The van der Waals surface area contributed by atoms with Crippen LogP contribution in [0.5, 0.6) is 0 Å². The zero-order valence-electron chi connectivity index (χ0n) is 18.8. The van der Waals surface area contributed by atoms with Crippen LogP contribution in [0.3, 0.4) is 0 Å². The normalized spacial score (nSPS) is 26.8. The fourth-order valence-corrected chi connectivity index (χ4v) is 6.03. The number of hydrogen-bond donors (Lipinski definition) is 0. The van der Waals surface area contributed by atoms with Gasteiger partial charge in [0.05, 0.1) is 17.6 Å². The number of rotatable bonds is 3. The lowest BCUT2D eigenvalue weighted by Gasteiger charge is -2.43. The van der Waals surface area contributed by atoms with Crippen LogP contribution in [-0.2, 0) is 24.5 Å². The molecule has 0 saturated carbocycles. The second-order valence-corrected chi connectivity index (χ2v) is 10.2. The molecule has 2 amide bonds. The summed E-state index contributed by atoms with van der Waals surface area (Å²) in [5, 5.41) is 1.08. The Morgan fingerprint density at radius 2 is 1.62 bits per heavy atom. The maximum atomic E-state index is 13.8. The Morgan fingerprint density at radius 1 is 1.00 bits per heavy atom. The van der Waals surface area contributed by atoms with Gasteiger partial charge in [-0.05, 0) is 57.2 Å². The molecule has 176 valence electrons. The van der Waals surface area contributed by atoms with Crippen molar-refractivity contribution in [3.63, 3.8) is 0 Å². The molecule has 0 spiro atoms. The summed E-state index contributed by atoms with van der Waals surface area (Å²) >= 11 is 12.7. The zero-order chi connectivity index (χ0) is 22.9. The van der Waals surface area contributed by atoms with Gasteiger partial charge in [0.2, 0.25) is 11.8 Å². The Bertz CT molecular complexity index is 840. The molecule has 2 atom stereocenters. The highest BCUT2D eigenvalue weighted by Gasteiger charge is 2.46. The number of nitrogens with zero attached hydrogens (tertiary/aromatic N) is 2. The second-order valence-electron chi connectivity index (χ2n) is 9.39. The van der Waals surface area contributed by atoms with Gasteiger partial charge in [0, 0.05) is 55.4 Å². The van der Waals surface area contributed by atoms with Gasteiger partial charge < -0.3 is 19.3 Å². The van der Waals surface area contributed by atoms with Gasteiger partial charge in [-0.2, -0.15) is 0 Å². The summed E-state index contributed by atoms with van der Waals surface area (Å²) in [6.07, 6.45) is 2.67. The van der Waals surface area contributed by atoms with Crippen LogP contribution < -0.4 is 0 Å². The smallest absolute Gasteiger partial charge is 0.233 e. The molecule has 3 aliphatic heterocycles. The molecule has 8 heteroatoms. The molecule has 0 radical (unpaired) electrons. The number of carbonyl (C=O) groups is 2. The highest BCUT2D eigenvalue weighted by Crippen LogP contribution is 2.42. The number of ether oxygens (including phenoxy) is 2. The van der Waals surface area contributed by atoms with Crippen LogP contribution in [-0.4, -0.2) is 73.2 Å². The fraction of sp³-hybridized carbons (Fsp3) is 0.667. The number of likely N-dealkylation sites (tertiary alicyclic amines) is 1. The molecular formula is C24H32Cl2N2O4. The number of halogens is 2. The zero-order valence-corrected chi connectivity index (χ0v) is 20.3. The van der Waals surface area contributed by atoms with E-state index in [0.717, 1.165) is 5.56 Å². The van der Waals surface area contributed by atoms with E-state index in [2.05, 4.69) is 0 Å². The number of amides is 2. The van der Waals surface area contributed by atoms with Crippen molar-refractivity contribution >= 4 is 35.0 Å². The quantitative estimate of drug-likeness (QED) is 0.654. The summed E-state index contributed by atoms with van der Waals surface area (Å²) in [5.74, 6) is 0.242. The van der Waals surface area contributed by atoms with Crippen molar-refractivity contribution in [2.24, 2.45) is 5.92 Å². The predicted molar refractivity (Wildman–Crippen MR) is 124 cm³/mol. The molecule has 1 aromatic carbocycles. The SMILES string of the molecule is CC1CN(C(=O)C2CCN(C(=O)C3(c4ccc(Cl)cc4Cl)CCOCC3)CC2)CC(C)O1. The molecule has 3 fully saturated rings. The highest BCUT2D eigenvalue weighted by atomic mass is 35.5. The van der Waals surface area contributed by atoms with Crippen LogP contribution in [0.4, 0.5) is 0 Å². The largest absolute Gasteiger partial charge is 0.381 e. The molecule has 0 N–H and O–H groups in total. The minimum atomic E-state index is -0.703. The molecule has 2 unspecified atom stereocenters. The monoisotopic (exact) mass is 482 g/mol. The first kappa shape index (κ1) is 23.8. The van der Waals surface area contributed by atoms with Gasteiger partial charge in [-0.15, -0.1) is 0 Å². The van der Waals surface area contributed by atoms with Gasteiger partial charge in [0.15, 0.2) is 0 Å². The van der Waals surface area contributed by atoms with Crippen LogP contribution in [0.25, 0.3) is 0 Å². The van der Waals surface area contributed by atoms with Gasteiger partial charge in [0.1, 0.15) is 0 Å². The first-order chi connectivity index (χ1) is 15.3. The van der Waals surface area contributed by atoms with Crippen LogP contribution in [0.15, 0.2) is 18.2 Å². The Kier molecular flexibility index (Phi) is 7.35. The summed E-state index contributed by atoms with van der Waals surface area (Å²) in [4.78, 5) is 30.8. The minimum Gasteiger partial charge on any atom is -0.381 e. The van der Waals surface area contributed by atoms with Gasteiger partial charge in [-0.1, -0.05) is 29.3 Å². The van der Waals surface area contributed by atoms with Crippen molar-refractivity contribution in [3.05, 3.63) is 33.8 Å². The lowest BCUT2D eigenvalue weighted by atomic mass is 9.72. The molecule has 3 heterocycles. The number of piperidine rings is 1. The van der Waals surface area contributed by atoms with Crippen LogP contribution in [0, 0.1) is 5.92 Å². The van der Waals surface area contributed by atoms with E-state index in [1.807, 2.05) is 29.7 Å². The molecule has 4 rings (SSSR count). The lowest BCUT2D eigenvalue weighted by molar-refractivity contribution is -0.152. The first-order valence-corrected chi connectivity index (χ1v) is 12.3. The fourth-order valence-electron chi connectivity index (χ4n) is 5.44. The van der Waals surface area contributed by atoms with Crippen molar-refractivity contribution < 1.29 is 19.1 Å². The third kappa shape index (κ3) is 4.79. The average Bonchev–Trinajstić information content (AvgIpc) is 2.78. The highest BCUT2D eigenvalue weighted by molar-refractivity contribution is 6.35. The van der Waals surface area contributed by atoms with Crippen LogP contribution in [0.1, 0.15) is 45.1 Å². The maximum absolute atomic E-state index is 13.8. The summed E-state index contributed by atoms with van der Waals surface area (Å²) in [5.41, 5.74) is 0.123. The van der Waals surface area contributed by atoms with E-state index in [1.165, 1.54) is 0 Å². The Balaban J connectivity index is 1.46. The van der Waals surface area contributed by atoms with E-state index in [1.54, 1.807) is 12.1 Å². The Morgan fingerprint density at radius 3 is 2.22 bits per heavy atom. The van der Waals surface area contributed by atoms with E-state index in [0.29, 0.717) is 75.1 Å². The van der Waals surface area contributed by atoms with E-state index in [9.17, 15) is 9.59 Å². The molecule has 0 bridgehead atoms. The van der Waals surface area contributed by atoms with E-state index in [4.69, 9.17) is 32.7 Å². The Labute approximate surface area is 200 Å². The molecule has 0 aromatic heterocycles. The number of morpholine rings is 1. The molecule has 3 saturated heterocycles. The molecule has 32 heavy (non-hydrogen) atoms. The Hall–Kier alpha value is -1.34. The third-order valence-electron chi connectivity index (χ3n) is 7.07. The molecule has 1 aromatic rings. The summed E-state index contributed by atoms with van der Waals surface area (Å²) in [6, 6.07) is 5.38. The summed E-state index contributed by atoms with van der Waals surface area (Å²) in [7, 11) is 0. The third-order valence-corrected chi connectivity index (χ3v) is 7.61. The van der Waals surface area contributed by atoms with Gasteiger partial charge in [-0.3, -0.25) is 9.59 Å². The lowest BCUT2D eigenvalue weighted by Crippen LogP contribution is -2.54. The molecular weight excluding hydrogens is 451 g/mol. The molecule has 6 nitrogen and oxygen atoms in total. The first-order valence-electron chi connectivity index (χ1n) is 11.6. The summed E-state index contributed by atoms with van der Waals surface area (Å²) in [6.45, 7) is 7.50. The van der Waals surface area contributed by atoms with E-state index >= 15 is 0 Å². The number of benzene rings is 1. The van der Waals surface area contributed by atoms with Crippen molar-refractivity contribution in [2.75, 3.05) is 39.4 Å². The van der Waals surface area contributed by atoms with E-state index < -0.39 is 5.41 Å². The summed E-state index contributed by atoms with van der Waals surface area (Å²) < 4.78 is 11.3. The van der Waals surface area contributed by atoms with Crippen molar-refractivity contribution in [1.82, 2.24) is 9.80 Å². The van der Waals surface area contributed by atoms with Gasteiger partial charge in [0.25, 0.3) is 0 Å². The minimum absolute atomic E-state index is 0.0405. The predicted octanol–water partition coefficient (Wildman–Crippen LogP) is 3.92. The van der Waals surface area contributed by atoms with Crippen molar-refractivity contribution in [1.29, 1.82) is 0 Å². The standard InChI is InChI=1S/C24H32Cl2N2O4/c1-16-14-28(15-17(2)32-16)22(29)18-5-9-27(10-6-18)23(30)24(7-11-31-12-8-24)20-4-3-19(25)13-21(20)26/h3-4,13,16-18H,5-12,14-15H2,1-2H3. The average molecular weight is 483 g/mol. The number of hydrogen-bond acceptors (Lipinski definition) is 4. The maximum Gasteiger partial charge on any atom is 0.233 e.